The van der Waals surface area contributed by atoms with Crippen LogP contribution in [0, 0.1) is 45.2 Å². The first-order chi connectivity index (χ1) is 24.0. The van der Waals surface area contributed by atoms with Crippen molar-refractivity contribution in [3.05, 3.63) is 155 Å². The normalized spacial score (nSPS) is 11.4. The molecule has 5 aromatic carbocycles. The molecule has 0 aliphatic rings. The minimum atomic E-state index is 0. The number of aromatic nitrogens is 2. The van der Waals surface area contributed by atoms with Gasteiger partial charge in [-0.25, -0.2) is 0 Å². The van der Waals surface area contributed by atoms with Crippen LogP contribution in [0.3, 0.4) is 0 Å². The molecule has 0 saturated heterocycles. The average molecular weight is 843 g/mol. The second-order valence-corrected chi connectivity index (χ2v) is 14.6. The van der Waals surface area contributed by atoms with Crippen molar-refractivity contribution < 1.29 is 24.5 Å². The van der Waals surface area contributed by atoms with Crippen LogP contribution < -0.4 is 0 Å². The van der Waals surface area contributed by atoms with Crippen LogP contribution in [0.25, 0.3) is 66.4 Å². The summed E-state index contributed by atoms with van der Waals surface area (Å²) in [6, 6.07) is 42.6. The smallest absolute Gasteiger partial charge is 0.136 e. The molecule has 0 unspecified atom stereocenters. The van der Waals surface area contributed by atoms with Gasteiger partial charge >= 0.3 is 0 Å². The third-order valence-corrected chi connectivity index (χ3v) is 9.34. The number of furan rings is 1. The molecule has 0 atom stereocenters. The molecule has 3 heterocycles. The van der Waals surface area contributed by atoms with Gasteiger partial charge in [0.25, 0.3) is 0 Å². The summed E-state index contributed by atoms with van der Waals surface area (Å²) in [5.74, 6) is 0. The predicted octanol–water partition coefficient (Wildman–Crippen LogP) is 12.6. The third-order valence-electron chi connectivity index (χ3n) is 9.34. The first-order valence-electron chi connectivity index (χ1n) is 17.3. The van der Waals surface area contributed by atoms with Gasteiger partial charge in [0.05, 0.1) is 0 Å². The van der Waals surface area contributed by atoms with E-state index in [1.165, 1.54) is 49.5 Å². The molecular formula is C47H42IrN2O-2. The molecule has 8 aromatic rings. The van der Waals surface area contributed by atoms with Crippen LogP contribution in [0.1, 0.15) is 48.6 Å². The minimum Gasteiger partial charge on any atom is -0.456 e. The Bertz CT molecular complexity index is 2490. The number of nitrogens with zero attached hydrogens (tertiary/aromatic N) is 2. The summed E-state index contributed by atoms with van der Waals surface area (Å²) in [5.41, 5.74) is 14.8. The van der Waals surface area contributed by atoms with Crippen molar-refractivity contribution in [2.75, 3.05) is 0 Å². The summed E-state index contributed by atoms with van der Waals surface area (Å²) in [6.45, 7) is 15.2. The van der Waals surface area contributed by atoms with Crippen LogP contribution in [-0.2, 0) is 26.5 Å². The molecule has 0 saturated carbocycles. The molecule has 4 heteroatoms. The Hall–Kier alpha value is -4.89. The molecule has 0 fully saturated rings. The molecule has 0 bridgehead atoms. The fraction of sp³-hybridized carbons (Fsp3) is 0.191. The molecule has 8 rings (SSSR count). The maximum absolute atomic E-state index is 6.13. The van der Waals surface area contributed by atoms with Crippen molar-refractivity contribution in [2.45, 2.75) is 54.9 Å². The Morgan fingerprint density at radius 2 is 1.37 bits per heavy atom. The second kappa shape index (κ2) is 14.8. The molecule has 0 N–H and O–H groups in total. The largest absolute Gasteiger partial charge is 0.456 e. The van der Waals surface area contributed by atoms with Gasteiger partial charge in [0.15, 0.2) is 0 Å². The van der Waals surface area contributed by atoms with Crippen LogP contribution in [0.15, 0.2) is 120 Å². The SMILES string of the molecule is Cc1c[c-]c(-c2cc(C)c(C)cn2)cc1.Cc1cnc(-c2[c-]ccc(-c3cccc4c3ccc3oc5ccccc5c34)c2)cc1CC(C)(C)C.[Ir]. The van der Waals surface area contributed by atoms with Crippen LogP contribution in [0.5, 0.6) is 0 Å². The summed E-state index contributed by atoms with van der Waals surface area (Å²) in [7, 11) is 0. The number of para-hydroxylation sites is 1. The van der Waals surface area contributed by atoms with Gasteiger partial charge < -0.3 is 14.4 Å². The van der Waals surface area contributed by atoms with Gasteiger partial charge in [-0.3, -0.25) is 0 Å². The maximum Gasteiger partial charge on any atom is 0.136 e. The van der Waals surface area contributed by atoms with Crippen molar-refractivity contribution in [1.82, 2.24) is 9.97 Å². The monoisotopic (exact) mass is 843 g/mol. The average Bonchev–Trinajstić information content (AvgIpc) is 3.50. The van der Waals surface area contributed by atoms with Crippen molar-refractivity contribution in [3.8, 4) is 33.6 Å². The Labute approximate surface area is 315 Å². The molecular weight excluding hydrogens is 801 g/mol. The van der Waals surface area contributed by atoms with Gasteiger partial charge in [0, 0.05) is 43.3 Å². The number of benzene rings is 5. The van der Waals surface area contributed by atoms with E-state index in [0.717, 1.165) is 51.1 Å². The van der Waals surface area contributed by atoms with Crippen LogP contribution >= 0.6 is 0 Å². The van der Waals surface area contributed by atoms with E-state index in [0.29, 0.717) is 0 Å². The van der Waals surface area contributed by atoms with Crippen molar-refractivity contribution >= 4 is 32.7 Å². The quantitative estimate of drug-likeness (QED) is 0.166. The molecule has 0 aliphatic heterocycles. The van der Waals surface area contributed by atoms with Crippen molar-refractivity contribution in [3.63, 3.8) is 0 Å². The van der Waals surface area contributed by atoms with E-state index in [4.69, 9.17) is 9.40 Å². The van der Waals surface area contributed by atoms with Gasteiger partial charge in [-0.2, -0.15) is 0 Å². The van der Waals surface area contributed by atoms with E-state index in [-0.39, 0.29) is 25.5 Å². The summed E-state index contributed by atoms with van der Waals surface area (Å²) < 4.78 is 6.13. The van der Waals surface area contributed by atoms with Gasteiger partial charge in [-0.15, -0.1) is 70.8 Å². The van der Waals surface area contributed by atoms with Crippen molar-refractivity contribution in [2.24, 2.45) is 5.41 Å². The molecule has 3 aromatic heterocycles. The third kappa shape index (κ3) is 7.73. The number of fused-ring (bicyclic) bond motifs is 5. The topological polar surface area (TPSA) is 38.9 Å². The number of rotatable bonds is 4. The molecule has 257 valence electrons. The summed E-state index contributed by atoms with van der Waals surface area (Å²) in [5, 5.41) is 4.76. The Morgan fingerprint density at radius 3 is 2.12 bits per heavy atom. The maximum atomic E-state index is 6.13. The number of hydrogen-bond donors (Lipinski definition) is 0. The van der Waals surface area contributed by atoms with E-state index in [2.05, 4.69) is 144 Å². The van der Waals surface area contributed by atoms with Gasteiger partial charge in [0.1, 0.15) is 11.2 Å². The Balaban J connectivity index is 0.000000236. The van der Waals surface area contributed by atoms with E-state index >= 15 is 0 Å². The summed E-state index contributed by atoms with van der Waals surface area (Å²) in [4.78, 5) is 9.17. The fourth-order valence-corrected chi connectivity index (χ4v) is 6.52. The van der Waals surface area contributed by atoms with Crippen LogP contribution in [0.2, 0.25) is 0 Å². The second-order valence-electron chi connectivity index (χ2n) is 14.6. The molecule has 51 heavy (non-hydrogen) atoms. The number of hydrogen-bond acceptors (Lipinski definition) is 3. The molecule has 0 amide bonds. The first-order valence-corrected chi connectivity index (χ1v) is 17.3. The van der Waals surface area contributed by atoms with Gasteiger partial charge in [-0.05, 0) is 83.6 Å². The standard InChI is InChI=1S/C33H28NO.C14H14N.Ir/c1-21-20-34-29(18-24(21)19-33(2,3)4)23-10-7-9-22(17-23)25-12-8-13-27-26(25)15-16-31-32(27)28-11-5-6-14-30(28)35-31;1-10-4-6-13(7-5-10)14-8-11(2)12(3)9-15-14;/h5-9,11-18,20H,19H2,1-4H3;4-6,8-9H,1-3H3;/q2*-1;. The molecule has 3 nitrogen and oxygen atoms in total. The first kappa shape index (κ1) is 35.9. The minimum absolute atomic E-state index is 0. The zero-order chi connectivity index (χ0) is 35.0. The van der Waals surface area contributed by atoms with Crippen molar-refractivity contribution in [1.29, 1.82) is 0 Å². The fourth-order valence-electron chi connectivity index (χ4n) is 6.52. The van der Waals surface area contributed by atoms with E-state index < -0.39 is 0 Å². The number of aryl methyl sites for hydroxylation is 4. The summed E-state index contributed by atoms with van der Waals surface area (Å²) >= 11 is 0. The molecule has 1 radical (unpaired) electrons. The van der Waals surface area contributed by atoms with E-state index in [1.54, 1.807) is 0 Å². The van der Waals surface area contributed by atoms with Gasteiger partial charge in [-0.1, -0.05) is 93.4 Å². The van der Waals surface area contributed by atoms with E-state index in [1.807, 2.05) is 36.7 Å². The summed E-state index contributed by atoms with van der Waals surface area (Å²) in [6.07, 6.45) is 4.93. The van der Waals surface area contributed by atoms with Crippen LogP contribution in [-0.4, -0.2) is 9.97 Å². The Kier molecular flexibility index (Phi) is 10.4. The number of pyridine rings is 2. The molecule has 0 aliphatic carbocycles. The zero-order valence-electron chi connectivity index (χ0n) is 30.3. The van der Waals surface area contributed by atoms with Crippen LogP contribution in [0.4, 0.5) is 0 Å². The van der Waals surface area contributed by atoms with E-state index in [9.17, 15) is 0 Å². The Morgan fingerprint density at radius 1 is 0.627 bits per heavy atom. The predicted molar refractivity (Wildman–Crippen MR) is 209 cm³/mol. The van der Waals surface area contributed by atoms with Gasteiger partial charge in [0.2, 0.25) is 0 Å². The molecule has 0 spiro atoms. The zero-order valence-corrected chi connectivity index (χ0v) is 32.7.